The van der Waals surface area contributed by atoms with E-state index in [-0.39, 0.29) is 10.8 Å². The van der Waals surface area contributed by atoms with E-state index in [1.54, 1.807) is 0 Å². The molecule has 4 heteroatoms. The molecule has 0 bridgehead atoms. The Morgan fingerprint density at radius 2 is 1.43 bits per heavy atom. The second-order valence-electron chi connectivity index (χ2n) is 7.12. The smallest absolute Gasteiger partial charge is 0.282 e. The maximum atomic E-state index is 11.8. The first-order chi connectivity index (χ1) is 10.5. The predicted molar refractivity (Wildman–Crippen MR) is 96.0 cm³/mol. The second kappa shape index (κ2) is 6.25. The summed E-state index contributed by atoms with van der Waals surface area (Å²) in [4.78, 5) is 0.0237. The summed E-state index contributed by atoms with van der Waals surface area (Å²) in [5.41, 5.74) is 3.11. The third-order valence-electron chi connectivity index (χ3n) is 4.34. The van der Waals surface area contributed by atoms with Crippen LogP contribution in [0.2, 0.25) is 0 Å². The molecule has 2 rings (SSSR count). The van der Waals surface area contributed by atoms with Crippen LogP contribution >= 0.6 is 0 Å². The van der Waals surface area contributed by atoms with Gasteiger partial charge in [0.25, 0.3) is 10.1 Å². The van der Waals surface area contributed by atoms with E-state index in [9.17, 15) is 13.0 Å². The minimum atomic E-state index is -4.24. The van der Waals surface area contributed by atoms with E-state index in [2.05, 4.69) is 39.8 Å². The highest BCUT2D eigenvalue weighted by Gasteiger charge is 2.22. The second-order valence-corrected chi connectivity index (χ2v) is 8.51. The Kier molecular flexibility index (Phi) is 4.88. The monoisotopic (exact) mass is 334 g/mol. The van der Waals surface area contributed by atoms with E-state index >= 15 is 0 Å². The summed E-state index contributed by atoms with van der Waals surface area (Å²) >= 11 is 0. The van der Waals surface area contributed by atoms with Crippen LogP contribution in [0.25, 0.3) is 10.8 Å². The van der Waals surface area contributed by atoms with E-state index in [0.717, 1.165) is 10.8 Å². The third-order valence-corrected chi connectivity index (χ3v) is 5.25. The molecule has 0 saturated heterocycles. The Hall–Kier alpha value is -1.39. The molecule has 0 radical (unpaired) electrons. The molecule has 1 N–H and O–H groups in total. The van der Waals surface area contributed by atoms with Gasteiger partial charge in [-0.05, 0) is 51.3 Å². The van der Waals surface area contributed by atoms with Crippen molar-refractivity contribution >= 4 is 20.9 Å². The Morgan fingerprint density at radius 1 is 0.826 bits per heavy atom. The van der Waals surface area contributed by atoms with Gasteiger partial charge in [-0.15, -0.1) is 0 Å². The quantitative estimate of drug-likeness (QED) is 0.756. The van der Waals surface area contributed by atoms with Crippen LogP contribution in [0.3, 0.4) is 0 Å². The highest BCUT2D eigenvalue weighted by atomic mass is 32.2. The van der Waals surface area contributed by atoms with Gasteiger partial charge in [0, 0.05) is 0 Å². The number of hydrogen-bond donors (Lipinski definition) is 1. The van der Waals surface area contributed by atoms with Crippen LogP contribution in [0.5, 0.6) is 0 Å². The third kappa shape index (κ3) is 3.43. The van der Waals surface area contributed by atoms with Gasteiger partial charge in [-0.25, -0.2) is 0 Å². The summed E-state index contributed by atoms with van der Waals surface area (Å²) in [7, 11) is -4.24. The summed E-state index contributed by atoms with van der Waals surface area (Å²) < 4.78 is 33.2. The molecule has 0 unspecified atom stereocenters. The largest absolute Gasteiger partial charge is 0.294 e. The van der Waals surface area contributed by atoms with Crippen molar-refractivity contribution in [2.45, 2.75) is 64.2 Å². The van der Waals surface area contributed by atoms with E-state index in [1.807, 2.05) is 19.9 Å². The molecule has 0 amide bonds. The fourth-order valence-electron chi connectivity index (χ4n) is 3.12. The zero-order valence-corrected chi connectivity index (χ0v) is 15.5. The molecule has 0 saturated carbocycles. The average molecular weight is 334 g/mol. The standard InChI is InChI=1S/C19H26O3S/c1-11(2)14-9-16(12(3)4)15-7-8-18(23(20,21)22)19(13(5)6)17(15)10-14/h7-13H,1-6H3,(H,20,21,22). The van der Waals surface area contributed by atoms with Gasteiger partial charge in [-0.2, -0.15) is 8.42 Å². The van der Waals surface area contributed by atoms with Gasteiger partial charge in [-0.3, -0.25) is 4.55 Å². The van der Waals surface area contributed by atoms with E-state index in [1.165, 1.54) is 17.2 Å². The van der Waals surface area contributed by atoms with Crippen molar-refractivity contribution in [2.24, 2.45) is 0 Å². The van der Waals surface area contributed by atoms with Crippen LogP contribution < -0.4 is 0 Å². The van der Waals surface area contributed by atoms with Gasteiger partial charge in [0.1, 0.15) is 0 Å². The lowest BCUT2D eigenvalue weighted by Gasteiger charge is -2.20. The van der Waals surface area contributed by atoms with Crippen LogP contribution in [0, 0.1) is 0 Å². The molecule has 0 aliphatic rings. The molecule has 0 aliphatic heterocycles. The summed E-state index contributed by atoms with van der Waals surface area (Å²) in [5, 5.41) is 2.01. The fourth-order valence-corrected chi connectivity index (χ4v) is 3.98. The molecule has 0 heterocycles. The van der Waals surface area contributed by atoms with Crippen molar-refractivity contribution in [3.63, 3.8) is 0 Å². The van der Waals surface area contributed by atoms with Gasteiger partial charge in [0.2, 0.25) is 0 Å². The molecule has 0 fully saturated rings. The summed E-state index contributed by atoms with van der Waals surface area (Å²) in [6.07, 6.45) is 0. The van der Waals surface area contributed by atoms with Gasteiger partial charge >= 0.3 is 0 Å². The Morgan fingerprint density at radius 3 is 1.87 bits per heavy atom. The van der Waals surface area contributed by atoms with Crippen LogP contribution in [0.4, 0.5) is 0 Å². The maximum Gasteiger partial charge on any atom is 0.294 e. The van der Waals surface area contributed by atoms with Crippen molar-refractivity contribution < 1.29 is 13.0 Å². The zero-order valence-electron chi connectivity index (χ0n) is 14.7. The molecule has 126 valence electrons. The first-order valence-corrected chi connectivity index (χ1v) is 9.56. The van der Waals surface area contributed by atoms with E-state index < -0.39 is 10.1 Å². The summed E-state index contributed by atoms with van der Waals surface area (Å²) in [5.74, 6) is 0.692. The average Bonchev–Trinajstić information content (AvgIpc) is 2.42. The van der Waals surface area contributed by atoms with Crippen LogP contribution in [-0.2, 0) is 10.1 Å². The molecule has 23 heavy (non-hydrogen) atoms. The highest BCUT2D eigenvalue weighted by Crippen LogP contribution is 2.37. The number of fused-ring (bicyclic) bond motifs is 1. The topological polar surface area (TPSA) is 54.4 Å². The van der Waals surface area contributed by atoms with E-state index in [0.29, 0.717) is 17.4 Å². The molecule has 0 atom stereocenters. The number of benzene rings is 2. The summed E-state index contributed by atoms with van der Waals surface area (Å²) in [6.45, 7) is 12.5. The van der Waals surface area contributed by atoms with Gasteiger partial charge < -0.3 is 0 Å². The Balaban J connectivity index is 3.02. The highest BCUT2D eigenvalue weighted by molar-refractivity contribution is 7.85. The lowest BCUT2D eigenvalue weighted by Crippen LogP contribution is -2.07. The number of rotatable bonds is 4. The summed E-state index contributed by atoms with van der Waals surface area (Å²) in [6, 6.07) is 7.66. The molecule has 2 aromatic carbocycles. The molecular weight excluding hydrogens is 308 g/mol. The Bertz CT molecular complexity index is 831. The van der Waals surface area contributed by atoms with Crippen molar-refractivity contribution in [3.05, 3.63) is 41.0 Å². The van der Waals surface area contributed by atoms with Crippen molar-refractivity contribution in [1.29, 1.82) is 0 Å². The van der Waals surface area contributed by atoms with Crippen molar-refractivity contribution in [1.82, 2.24) is 0 Å². The Labute approximate surface area is 139 Å². The number of hydrogen-bond acceptors (Lipinski definition) is 2. The molecule has 2 aromatic rings. The van der Waals surface area contributed by atoms with Gasteiger partial charge in [-0.1, -0.05) is 59.7 Å². The van der Waals surface area contributed by atoms with Crippen LogP contribution in [0.15, 0.2) is 29.2 Å². The molecule has 0 aromatic heterocycles. The molecule has 0 aliphatic carbocycles. The fraction of sp³-hybridized carbons (Fsp3) is 0.474. The SMILES string of the molecule is CC(C)c1cc(C(C)C)c2ccc(S(=O)(=O)O)c(C(C)C)c2c1. The van der Waals surface area contributed by atoms with Crippen molar-refractivity contribution in [3.8, 4) is 0 Å². The van der Waals surface area contributed by atoms with Gasteiger partial charge in [0.15, 0.2) is 0 Å². The van der Waals surface area contributed by atoms with E-state index in [4.69, 9.17) is 0 Å². The van der Waals surface area contributed by atoms with Crippen LogP contribution in [-0.4, -0.2) is 13.0 Å². The first-order valence-electron chi connectivity index (χ1n) is 8.12. The molecule has 0 spiro atoms. The lowest BCUT2D eigenvalue weighted by atomic mass is 9.86. The van der Waals surface area contributed by atoms with Crippen LogP contribution in [0.1, 0.15) is 76.0 Å². The first kappa shape index (κ1) is 18.0. The van der Waals surface area contributed by atoms with Gasteiger partial charge in [0.05, 0.1) is 4.90 Å². The molecular formula is C19H26O3S. The van der Waals surface area contributed by atoms with Crippen molar-refractivity contribution in [2.75, 3.05) is 0 Å². The minimum Gasteiger partial charge on any atom is -0.282 e. The normalized spacial score (nSPS) is 12.8. The maximum absolute atomic E-state index is 11.8. The predicted octanol–water partition coefficient (Wildman–Crippen LogP) is 5.46. The zero-order chi connectivity index (χ0) is 17.5. The molecule has 3 nitrogen and oxygen atoms in total. The minimum absolute atomic E-state index is 0.00181. The lowest BCUT2D eigenvalue weighted by molar-refractivity contribution is 0.481.